The third kappa shape index (κ3) is 2.58. The number of hydrogen-bond donors (Lipinski definition) is 1. The molecular weight excluding hydrogens is 270 g/mol. The molecule has 3 heteroatoms. The lowest BCUT2D eigenvalue weighted by molar-refractivity contribution is 0.495. The second-order valence-electron chi connectivity index (χ2n) is 6.76. The Morgan fingerprint density at radius 3 is 2.59 bits per heavy atom. The van der Waals surface area contributed by atoms with Crippen molar-refractivity contribution >= 4 is 0 Å². The highest BCUT2D eigenvalue weighted by Gasteiger charge is 2.30. The Hall–Kier alpha value is -1.61. The summed E-state index contributed by atoms with van der Waals surface area (Å²) in [6, 6.07) is 10.9. The van der Waals surface area contributed by atoms with Gasteiger partial charge in [0.25, 0.3) is 0 Å². The van der Waals surface area contributed by atoms with Crippen molar-refractivity contribution in [1.82, 2.24) is 9.78 Å². The van der Waals surface area contributed by atoms with E-state index >= 15 is 0 Å². The molecule has 0 aliphatic heterocycles. The average Bonchev–Trinajstić information content (AvgIpc) is 2.95. The van der Waals surface area contributed by atoms with E-state index in [4.69, 9.17) is 10.8 Å². The van der Waals surface area contributed by atoms with Crippen molar-refractivity contribution in [2.24, 2.45) is 5.73 Å². The second-order valence-corrected chi connectivity index (χ2v) is 6.76. The number of rotatable bonds is 4. The largest absolute Gasteiger partial charge is 0.330 e. The molecule has 1 heterocycles. The maximum atomic E-state index is 6.05. The van der Waals surface area contributed by atoms with Crippen LogP contribution in [0.3, 0.4) is 0 Å². The van der Waals surface area contributed by atoms with Gasteiger partial charge in [-0.1, -0.05) is 44.2 Å². The predicted molar refractivity (Wildman–Crippen MR) is 91.3 cm³/mol. The highest BCUT2D eigenvalue weighted by atomic mass is 15.3. The number of benzene rings is 1. The fraction of sp³-hybridized carbons (Fsp3) is 0.526. The maximum Gasteiger partial charge on any atom is 0.0743 e. The van der Waals surface area contributed by atoms with Crippen molar-refractivity contribution in [2.75, 3.05) is 6.54 Å². The van der Waals surface area contributed by atoms with Gasteiger partial charge >= 0.3 is 0 Å². The van der Waals surface area contributed by atoms with Crippen molar-refractivity contribution in [3.8, 4) is 0 Å². The Kier molecular flexibility index (Phi) is 4.34. The number of hydrogen-bond acceptors (Lipinski definition) is 2. The number of nitrogens with zero attached hydrogens (tertiary/aromatic N) is 2. The van der Waals surface area contributed by atoms with Crippen LogP contribution < -0.4 is 5.73 Å². The standard InChI is InChI=1S/C19H27N3/c1-13(2)19-18-16(12-20)10-7-11-17(18)22(21-19)14(3)15-8-5-4-6-9-15/h4-6,8-9,13-14,16H,7,10-12,20H2,1-3H3. The molecule has 3 rings (SSSR count). The molecule has 1 aromatic heterocycles. The first-order chi connectivity index (χ1) is 10.6. The zero-order valence-corrected chi connectivity index (χ0v) is 13.9. The van der Waals surface area contributed by atoms with E-state index < -0.39 is 0 Å². The molecule has 2 atom stereocenters. The molecule has 0 bridgehead atoms. The summed E-state index contributed by atoms with van der Waals surface area (Å²) in [6.45, 7) is 7.46. The van der Waals surface area contributed by atoms with Gasteiger partial charge in [-0.3, -0.25) is 4.68 Å². The van der Waals surface area contributed by atoms with Gasteiger partial charge in [0.1, 0.15) is 0 Å². The molecule has 0 amide bonds. The first kappa shape index (κ1) is 15.3. The van der Waals surface area contributed by atoms with Gasteiger partial charge in [0, 0.05) is 11.3 Å². The van der Waals surface area contributed by atoms with Gasteiger partial charge in [-0.05, 0) is 50.1 Å². The number of aromatic nitrogens is 2. The number of fused-ring (bicyclic) bond motifs is 1. The van der Waals surface area contributed by atoms with E-state index in [1.54, 1.807) is 0 Å². The average molecular weight is 297 g/mol. The third-order valence-corrected chi connectivity index (χ3v) is 4.93. The van der Waals surface area contributed by atoms with E-state index in [0.717, 1.165) is 13.0 Å². The SMILES string of the molecule is CC(C)c1nn(C(C)c2ccccc2)c2c1C(CN)CCC2. The van der Waals surface area contributed by atoms with Gasteiger partial charge in [0.05, 0.1) is 11.7 Å². The molecular formula is C19H27N3. The van der Waals surface area contributed by atoms with E-state index in [0.29, 0.717) is 11.8 Å². The molecule has 0 saturated carbocycles. The van der Waals surface area contributed by atoms with Crippen molar-refractivity contribution in [3.63, 3.8) is 0 Å². The van der Waals surface area contributed by atoms with Gasteiger partial charge in [0.15, 0.2) is 0 Å². The lowest BCUT2D eigenvalue weighted by atomic mass is 9.83. The van der Waals surface area contributed by atoms with Crippen LogP contribution in [0.2, 0.25) is 0 Å². The minimum Gasteiger partial charge on any atom is -0.330 e. The molecule has 2 unspecified atom stereocenters. The summed E-state index contributed by atoms with van der Waals surface area (Å²) in [5.74, 6) is 0.933. The van der Waals surface area contributed by atoms with Crippen LogP contribution in [0.15, 0.2) is 30.3 Å². The van der Waals surface area contributed by atoms with Crippen LogP contribution in [0, 0.1) is 0 Å². The lowest BCUT2D eigenvalue weighted by Gasteiger charge is -2.25. The summed E-state index contributed by atoms with van der Waals surface area (Å²) in [5.41, 5.74) is 11.5. The first-order valence-electron chi connectivity index (χ1n) is 8.49. The molecule has 118 valence electrons. The van der Waals surface area contributed by atoms with E-state index in [-0.39, 0.29) is 6.04 Å². The molecule has 1 aromatic carbocycles. The van der Waals surface area contributed by atoms with Gasteiger partial charge in [-0.2, -0.15) is 5.10 Å². The van der Waals surface area contributed by atoms with Gasteiger partial charge in [0.2, 0.25) is 0 Å². The molecule has 2 aromatic rings. The predicted octanol–water partition coefficient (Wildman–Crippen LogP) is 3.99. The zero-order chi connectivity index (χ0) is 15.7. The van der Waals surface area contributed by atoms with Crippen LogP contribution in [-0.2, 0) is 6.42 Å². The fourth-order valence-corrected chi connectivity index (χ4v) is 3.71. The summed E-state index contributed by atoms with van der Waals surface area (Å²) < 4.78 is 2.27. The summed E-state index contributed by atoms with van der Waals surface area (Å²) in [6.07, 6.45) is 3.55. The molecule has 0 spiro atoms. The topological polar surface area (TPSA) is 43.8 Å². The molecule has 0 fully saturated rings. The van der Waals surface area contributed by atoms with Crippen molar-refractivity contribution in [1.29, 1.82) is 0 Å². The molecule has 22 heavy (non-hydrogen) atoms. The van der Waals surface area contributed by atoms with Crippen LogP contribution >= 0.6 is 0 Å². The monoisotopic (exact) mass is 297 g/mol. The van der Waals surface area contributed by atoms with Gasteiger partial charge in [-0.15, -0.1) is 0 Å². The molecule has 0 saturated heterocycles. The van der Waals surface area contributed by atoms with E-state index in [1.807, 2.05) is 0 Å². The highest BCUT2D eigenvalue weighted by molar-refractivity contribution is 5.36. The Morgan fingerprint density at radius 2 is 1.95 bits per heavy atom. The minimum atomic E-state index is 0.277. The van der Waals surface area contributed by atoms with Crippen LogP contribution in [-0.4, -0.2) is 16.3 Å². The quantitative estimate of drug-likeness (QED) is 0.927. The Morgan fingerprint density at radius 1 is 1.23 bits per heavy atom. The van der Waals surface area contributed by atoms with Crippen LogP contribution in [0.25, 0.3) is 0 Å². The Balaban J connectivity index is 2.09. The normalized spacial score (nSPS) is 19.2. The molecule has 2 N–H and O–H groups in total. The fourth-order valence-electron chi connectivity index (χ4n) is 3.71. The lowest BCUT2D eigenvalue weighted by Crippen LogP contribution is -2.21. The van der Waals surface area contributed by atoms with Crippen LogP contribution in [0.1, 0.15) is 74.0 Å². The third-order valence-electron chi connectivity index (χ3n) is 4.93. The highest BCUT2D eigenvalue weighted by Crippen LogP contribution is 2.38. The molecule has 1 aliphatic carbocycles. The van der Waals surface area contributed by atoms with Crippen molar-refractivity contribution in [2.45, 2.75) is 57.9 Å². The van der Waals surface area contributed by atoms with Gasteiger partial charge in [-0.25, -0.2) is 0 Å². The zero-order valence-electron chi connectivity index (χ0n) is 13.9. The number of nitrogens with two attached hydrogens (primary N) is 1. The molecule has 3 nitrogen and oxygen atoms in total. The summed E-state index contributed by atoms with van der Waals surface area (Å²) in [5, 5.41) is 5.03. The Labute approximate surface area is 133 Å². The maximum absolute atomic E-state index is 6.05. The van der Waals surface area contributed by atoms with E-state index in [2.05, 4.69) is 55.8 Å². The smallest absolute Gasteiger partial charge is 0.0743 e. The second kappa shape index (κ2) is 6.25. The van der Waals surface area contributed by atoms with Crippen molar-refractivity contribution in [3.05, 3.63) is 52.8 Å². The van der Waals surface area contributed by atoms with Crippen LogP contribution in [0.5, 0.6) is 0 Å². The molecule has 0 radical (unpaired) electrons. The summed E-state index contributed by atoms with van der Waals surface area (Å²) in [4.78, 5) is 0. The summed E-state index contributed by atoms with van der Waals surface area (Å²) >= 11 is 0. The van der Waals surface area contributed by atoms with E-state index in [9.17, 15) is 0 Å². The summed E-state index contributed by atoms with van der Waals surface area (Å²) in [7, 11) is 0. The van der Waals surface area contributed by atoms with E-state index in [1.165, 1.54) is 35.4 Å². The minimum absolute atomic E-state index is 0.277. The van der Waals surface area contributed by atoms with Gasteiger partial charge < -0.3 is 5.73 Å². The first-order valence-corrected chi connectivity index (χ1v) is 8.49. The van der Waals surface area contributed by atoms with Crippen molar-refractivity contribution < 1.29 is 0 Å². The molecule has 1 aliphatic rings. The van der Waals surface area contributed by atoms with Crippen LogP contribution in [0.4, 0.5) is 0 Å². The Bertz CT molecular complexity index is 628.